The highest BCUT2D eigenvalue weighted by Crippen LogP contribution is 2.28. The first-order chi connectivity index (χ1) is 15.1. The summed E-state index contributed by atoms with van der Waals surface area (Å²) < 4.78 is 5.92. The maximum absolute atomic E-state index is 12.8. The number of nitrogens with zero attached hydrogens (tertiary/aromatic N) is 3. The molecule has 6 nitrogen and oxygen atoms in total. The lowest BCUT2D eigenvalue weighted by Crippen LogP contribution is -2.46. The number of hydrogen-bond donors (Lipinski definition) is 1. The highest BCUT2D eigenvalue weighted by molar-refractivity contribution is 5.79. The van der Waals surface area contributed by atoms with Crippen molar-refractivity contribution in [1.82, 2.24) is 15.3 Å². The molecule has 1 amide bonds. The fraction of sp³-hybridized carbons (Fsp3) is 0.560. The van der Waals surface area contributed by atoms with Crippen molar-refractivity contribution in [3.63, 3.8) is 0 Å². The average molecular weight is 423 g/mol. The van der Waals surface area contributed by atoms with E-state index in [2.05, 4.69) is 46.2 Å². The van der Waals surface area contributed by atoms with E-state index >= 15 is 0 Å². The van der Waals surface area contributed by atoms with Gasteiger partial charge in [-0.25, -0.2) is 9.97 Å². The number of ether oxygens (including phenoxy) is 1. The Morgan fingerprint density at radius 2 is 1.84 bits per heavy atom. The normalized spacial score (nSPS) is 22.2. The summed E-state index contributed by atoms with van der Waals surface area (Å²) in [6.45, 7) is 6.04. The van der Waals surface area contributed by atoms with Crippen LogP contribution < -0.4 is 15.0 Å². The Morgan fingerprint density at radius 3 is 2.55 bits per heavy atom. The van der Waals surface area contributed by atoms with E-state index in [1.54, 1.807) is 6.33 Å². The lowest BCUT2D eigenvalue weighted by molar-refractivity contribution is -0.126. The van der Waals surface area contributed by atoms with Crippen molar-refractivity contribution in [2.24, 2.45) is 11.8 Å². The number of amides is 1. The Hall–Kier alpha value is -2.63. The van der Waals surface area contributed by atoms with E-state index in [9.17, 15) is 4.79 Å². The van der Waals surface area contributed by atoms with Gasteiger partial charge in [0.25, 0.3) is 0 Å². The Morgan fingerprint density at radius 1 is 1.10 bits per heavy atom. The van der Waals surface area contributed by atoms with Crippen molar-refractivity contribution in [2.45, 2.75) is 64.8 Å². The van der Waals surface area contributed by atoms with Crippen LogP contribution in [0.2, 0.25) is 0 Å². The Balaban J connectivity index is 1.31. The predicted octanol–water partition coefficient (Wildman–Crippen LogP) is 4.74. The summed E-state index contributed by atoms with van der Waals surface area (Å²) in [4.78, 5) is 23.7. The van der Waals surface area contributed by atoms with Crippen LogP contribution in [0.3, 0.4) is 0 Å². The Labute approximate surface area is 185 Å². The lowest BCUT2D eigenvalue weighted by Gasteiger charge is -2.35. The summed E-state index contributed by atoms with van der Waals surface area (Å²) in [7, 11) is 0. The molecule has 1 aliphatic heterocycles. The summed E-state index contributed by atoms with van der Waals surface area (Å²) in [5.74, 6) is 3.10. The van der Waals surface area contributed by atoms with Crippen LogP contribution in [0.1, 0.15) is 57.9 Å². The van der Waals surface area contributed by atoms with Crippen LogP contribution in [-0.2, 0) is 11.2 Å². The van der Waals surface area contributed by atoms with Crippen LogP contribution in [0.5, 0.6) is 11.6 Å². The lowest BCUT2D eigenvalue weighted by atomic mass is 9.85. The third-order valence-corrected chi connectivity index (χ3v) is 6.81. The van der Waals surface area contributed by atoms with Crippen molar-refractivity contribution < 1.29 is 9.53 Å². The minimum absolute atomic E-state index is 0.0972. The van der Waals surface area contributed by atoms with Crippen LogP contribution >= 0.6 is 0 Å². The van der Waals surface area contributed by atoms with Gasteiger partial charge in [-0.3, -0.25) is 4.79 Å². The van der Waals surface area contributed by atoms with Crippen molar-refractivity contribution in [3.8, 4) is 11.6 Å². The summed E-state index contributed by atoms with van der Waals surface area (Å²) >= 11 is 0. The molecule has 31 heavy (non-hydrogen) atoms. The van der Waals surface area contributed by atoms with Gasteiger partial charge in [-0.1, -0.05) is 38.8 Å². The number of piperidine rings is 1. The first-order valence-corrected chi connectivity index (χ1v) is 11.8. The number of aryl methyl sites for hydroxylation is 1. The zero-order valence-electron chi connectivity index (χ0n) is 18.7. The van der Waals surface area contributed by atoms with Gasteiger partial charge in [-0.15, -0.1) is 0 Å². The molecular formula is C25H34N4O2. The minimum Gasteiger partial charge on any atom is -0.439 e. The maximum atomic E-state index is 12.8. The molecule has 1 aliphatic carbocycles. The molecule has 166 valence electrons. The number of hydrogen-bond acceptors (Lipinski definition) is 5. The molecule has 2 heterocycles. The average Bonchev–Trinajstić information content (AvgIpc) is 2.81. The van der Waals surface area contributed by atoms with E-state index in [1.165, 1.54) is 24.8 Å². The van der Waals surface area contributed by atoms with Crippen molar-refractivity contribution in [2.75, 3.05) is 18.0 Å². The second-order valence-electron chi connectivity index (χ2n) is 8.95. The zero-order chi connectivity index (χ0) is 21.6. The van der Waals surface area contributed by atoms with Gasteiger partial charge in [-0.2, -0.15) is 0 Å². The van der Waals surface area contributed by atoms with E-state index in [0.717, 1.165) is 50.3 Å². The summed E-state index contributed by atoms with van der Waals surface area (Å²) in [6, 6.07) is 10.3. The highest BCUT2D eigenvalue weighted by atomic mass is 16.5. The number of carbonyl (C=O) groups is 1. The second-order valence-corrected chi connectivity index (χ2v) is 8.95. The van der Waals surface area contributed by atoms with Gasteiger partial charge < -0.3 is 15.0 Å². The fourth-order valence-electron chi connectivity index (χ4n) is 4.67. The van der Waals surface area contributed by atoms with Gasteiger partial charge in [0, 0.05) is 31.1 Å². The smallest absolute Gasteiger partial charge is 0.224 e. The van der Waals surface area contributed by atoms with Crippen molar-refractivity contribution >= 4 is 11.7 Å². The zero-order valence-corrected chi connectivity index (χ0v) is 18.7. The number of rotatable bonds is 6. The van der Waals surface area contributed by atoms with Crippen LogP contribution in [0.4, 0.5) is 5.82 Å². The Kier molecular flexibility index (Phi) is 7.05. The van der Waals surface area contributed by atoms with E-state index in [4.69, 9.17) is 4.74 Å². The summed E-state index contributed by atoms with van der Waals surface area (Å²) in [5.41, 5.74) is 1.28. The van der Waals surface area contributed by atoms with E-state index < -0.39 is 0 Å². The van der Waals surface area contributed by atoms with Gasteiger partial charge in [-0.05, 0) is 55.7 Å². The van der Waals surface area contributed by atoms with Crippen LogP contribution in [0.15, 0.2) is 36.7 Å². The van der Waals surface area contributed by atoms with E-state index in [1.807, 2.05) is 18.2 Å². The SMILES string of the molecule is CCc1ccc(Oc2cc(N3CCC(C(=O)N[C@@H]4CCCC[C@H]4C)CC3)ncn2)cc1. The molecule has 2 aromatic rings. The molecule has 1 N–H and O–H groups in total. The van der Waals surface area contributed by atoms with Gasteiger partial charge in [0.1, 0.15) is 17.9 Å². The van der Waals surface area contributed by atoms with Gasteiger partial charge in [0.05, 0.1) is 0 Å². The molecule has 2 atom stereocenters. The molecule has 1 aromatic heterocycles. The number of nitrogens with one attached hydrogen (secondary N) is 1. The van der Waals surface area contributed by atoms with Crippen molar-refractivity contribution in [3.05, 3.63) is 42.2 Å². The monoisotopic (exact) mass is 422 g/mol. The second kappa shape index (κ2) is 10.1. The van der Waals surface area contributed by atoms with Gasteiger partial charge in [0.15, 0.2) is 0 Å². The summed E-state index contributed by atoms with van der Waals surface area (Å²) in [6.07, 6.45) is 9.13. The first-order valence-electron chi connectivity index (χ1n) is 11.8. The molecule has 2 fully saturated rings. The molecule has 4 rings (SSSR count). The largest absolute Gasteiger partial charge is 0.439 e. The molecule has 0 radical (unpaired) electrons. The molecule has 2 aliphatic rings. The standard InChI is InChI=1S/C25H34N4O2/c1-3-19-8-10-21(11-9-19)31-24-16-23(26-17-27-24)29-14-12-20(13-15-29)25(30)28-22-7-5-4-6-18(22)2/h8-11,16-18,20,22H,3-7,12-15H2,1-2H3,(H,28,30)/t18-,22-/m1/s1. The van der Waals surface area contributed by atoms with Crippen molar-refractivity contribution in [1.29, 1.82) is 0 Å². The fourth-order valence-corrected chi connectivity index (χ4v) is 4.67. The maximum Gasteiger partial charge on any atom is 0.224 e. The number of benzene rings is 1. The Bertz CT molecular complexity index is 862. The molecule has 6 heteroatoms. The molecule has 1 aromatic carbocycles. The third kappa shape index (κ3) is 5.54. The molecule has 1 saturated carbocycles. The molecular weight excluding hydrogens is 388 g/mol. The van der Waals surface area contributed by atoms with Gasteiger partial charge >= 0.3 is 0 Å². The topological polar surface area (TPSA) is 67.3 Å². The van der Waals surface area contributed by atoms with E-state index in [-0.39, 0.29) is 11.8 Å². The molecule has 1 saturated heterocycles. The number of carbonyl (C=O) groups excluding carboxylic acids is 1. The molecule has 0 unspecified atom stereocenters. The van der Waals surface area contributed by atoms with Crippen LogP contribution in [0, 0.1) is 11.8 Å². The third-order valence-electron chi connectivity index (χ3n) is 6.81. The van der Waals surface area contributed by atoms with Crippen LogP contribution in [0.25, 0.3) is 0 Å². The highest BCUT2D eigenvalue weighted by Gasteiger charge is 2.29. The van der Waals surface area contributed by atoms with Crippen LogP contribution in [-0.4, -0.2) is 35.0 Å². The quantitative estimate of drug-likeness (QED) is 0.728. The number of anilines is 1. The minimum atomic E-state index is 0.0972. The van der Waals surface area contributed by atoms with E-state index in [0.29, 0.717) is 17.8 Å². The number of aromatic nitrogens is 2. The molecule has 0 spiro atoms. The predicted molar refractivity (Wildman–Crippen MR) is 122 cm³/mol. The summed E-state index contributed by atoms with van der Waals surface area (Å²) in [5, 5.41) is 3.33. The molecule has 0 bridgehead atoms. The van der Waals surface area contributed by atoms with Gasteiger partial charge in [0.2, 0.25) is 11.8 Å². The first kappa shape index (κ1) is 21.6.